The van der Waals surface area contributed by atoms with Crippen molar-refractivity contribution in [2.45, 2.75) is 56.7 Å². The molecule has 0 amide bonds. The van der Waals surface area contributed by atoms with Crippen molar-refractivity contribution < 1.29 is 32.2 Å². The maximum atomic E-state index is 12.2. The Kier molecular flexibility index (Phi) is 4.75. The van der Waals surface area contributed by atoms with Crippen molar-refractivity contribution in [2.75, 3.05) is 6.61 Å². The molecule has 0 aromatic rings. The van der Waals surface area contributed by atoms with E-state index in [1.807, 2.05) is 0 Å². The maximum absolute atomic E-state index is 12.2. The zero-order valence-electron chi connectivity index (χ0n) is 10.8. The Morgan fingerprint density at radius 1 is 1.32 bits per heavy atom. The summed E-state index contributed by atoms with van der Waals surface area (Å²) >= 11 is 5.64. The molecule has 0 spiro atoms. The van der Waals surface area contributed by atoms with E-state index in [1.54, 1.807) is 20.8 Å². The fraction of sp³-hybridized carbons (Fsp3) is 0.909. The Morgan fingerprint density at radius 2 is 1.84 bits per heavy atom. The average Bonchev–Trinajstić information content (AvgIpc) is 2.06. The van der Waals surface area contributed by atoms with Crippen LogP contribution in [-0.4, -0.2) is 35.7 Å². The highest BCUT2D eigenvalue weighted by Crippen LogP contribution is 2.44. The molecule has 0 aromatic carbocycles. The molecular weight excluding hydrogens is 289 g/mol. The van der Waals surface area contributed by atoms with E-state index in [0.29, 0.717) is 0 Å². The minimum Gasteiger partial charge on any atom is -0.458 e. The van der Waals surface area contributed by atoms with Gasteiger partial charge in [-0.15, -0.1) is 24.8 Å². The van der Waals surface area contributed by atoms with E-state index in [0.717, 1.165) is 0 Å². The monoisotopic (exact) mass is 304 g/mol. The van der Waals surface area contributed by atoms with Gasteiger partial charge in [0.05, 0.1) is 0 Å². The van der Waals surface area contributed by atoms with Gasteiger partial charge < -0.3 is 9.47 Å². The Hall–Kier alpha value is -0.530. The lowest BCUT2D eigenvalue weighted by atomic mass is 9.90. The van der Waals surface area contributed by atoms with E-state index in [2.05, 4.69) is 4.74 Å². The summed E-state index contributed by atoms with van der Waals surface area (Å²) in [5.74, 6) is -2.63. The molecule has 0 saturated heterocycles. The van der Waals surface area contributed by atoms with Crippen molar-refractivity contribution >= 4 is 17.6 Å². The first-order valence-electron chi connectivity index (χ1n) is 5.68. The number of rotatable bonds is 4. The summed E-state index contributed by atoms with van der Waals surface area (Å²) in [6, 6.07) is 0. The van der Waals surface area contributed by atoms with Crippen LogP contribution in [-0.2, 0) is 19.0 Å². The Bertz CT molecular complexity index is 332. The Labute approximate surface area is 114 Å². The molecule has 19 heavy (non-hydrogen) atoms. The van der Waals surface area contributed by atoms with E-state index in [9.17, 15) is 18.0 Å². The number of hydrogen-bond acceptors (Lipinski definition) is 4. The largest absolute Gasteiger partial charge is 0.524 e. The van der Waals surface area contributed by atoms with Gasteiger partial charge in [-0.25, -0.2) is 4.79 Å². The molecule has 1 fully saturated rings. The molecule has 0 aliphatic heterocycles. The Morgan fingerprint density at radius 3 is 2.21 bits per heavy atom. The molecule has 1 aliphatic rings. The van der Waals surface area contributed by atoms with Gasteiger partial charge in [-0.2, -0.15) is 0 Å². The van der Waals surface area contributed by atoms with Crippen molar-refractivity contribution in [3.63, 3.8) is 0 Å². The van der Waals surface area contributed by atoms with Crippen LogP contribution in [0, 0.1) is 0 Å². The highest BCUT2D eigenvalue weighted by molar-refractivity contribution is 6.21. The molecule has 8 heteroatoms. The van der Waals surface area contributed by atoms with Crippen molar-refractivity contribution in [3.8, 4) is 0 Å². The first kappa shape index (κ1) is 16.5. The Balaban J connectivity index is 2.50. The molecule has 0 N–H and O–H groups in total. The van der Waals surface area contributed by atoms with Crippen LogP contribution in [0.1, 0.15) is 33.6 Å². The van der Waals surface area contributed by atoms with Crippen molar-refractivity contribution in [2.24, 2.45) is 0 Å². The standard InChI is InChI=1S/C11H16ClF3O4/c1-9(2,3)18-8(16)6-17-10(4-7(12)5-10)19-11(13,14)15/h7H,4-6H2,1-3H3. The van der Waals surface area contributed by atoms with Crippen LogP contribution in [0.4, 0.5) is 13.2 Å². The van der Waals surface area contributed by atoms with Crippen LogP contribution in [0.15, 0.2) is 0 Å². The minimum absolute atomic E-state index is 0.128. The zero-order valence-corrected chi connectivity index (χ0v) is 11.6. The molecule has 0 unspecified atom stereocenters. The van der Waals surface area contributed by atoms with Crippen LogP contribution in [0.3, 0.4) is 0 Å². The van der Waals surface area contributed by atoms with Gasteiger partial charge in [0.2, 0.25) is 0 Å². The fourth-order valence-electron chi connectivity index (χ4n) is 1.62. The number of esters is 1. The molecule has 1 rings (SSSR count). The third-order valence-corrected chi connectivity index (χ3v) is 2.55. The summed E-state index contributed by atoms with van der Waals surface area (Å²) < 4.78 is 50.4. The predicted molar refractivity (Wildman–Crippen MR) is 60.5 cm³/mol. The number of hydrogen-bond donors (Lipinski definition) is 0. The first-order valence-corrected chi connectivity index (χ1v) is 6.11. The van der Waals surface area contributed by atoms with E-state index >= 15 is 0 Å². The number of alkyl halides is 4. The van der Waals surface area contributed by atoms with Crippen LogP contribution in [0.25, 0.3) is 0 Å². The van der Waals surface area contributed by atoms with Gasteiger partial charge in [-0.3, -0.25) is 4.74 Å². The van der Waals surface area contributed by atoms with Crippen molar-refractivity contribution in [3.05, 3.63) is 0 Å². The molecule has 0 heterocycles. The third kappa shape index (κ3) is 5.97. The molecule has 0 bridgehead atoms. The second-order valence-corrected chi connectivity index (χ2v) is 5.96. The molecule has 112 valence electrons. The van der Waals surface area contributed by atoms with Crippen LogP contribution in [0.5, 0.6) is 0 Å². The summed E-state index contributed by atoms with van der Waals surface area (Å²) in [4.78, 5) is 11.4. The molecular formula is C11H16ClF3O4. The van der Waals surface area contributed by atoms with Gasteiger partial charge in [0.1, 0.15) is 12.2 Å². The molecule has 4 nitrogen and oxygen atoms in total. The second kappa shape index (κ2) is 5.46. The fourth-order valence-corrected chi connectivity index (χ4v) is 2.09. The molecule has 1 saturated carbocycles. The summed E-state index contributed by atoms with van der Waals surface area (Å²) in [7, 11) is 0. The number of ether oxygens (including phenoxy) is 3. The lowest BCUT2D eigenvalue weighted by molar-refractivity contribution is -0.432. The van der Waals surface area contributed by atoms with Crippen molar-refractivity contribution in [1.29, 1.82) is 0 Å². The topological polar surface area (TPSA) is 44.8 Å². The van der Waals surface area contributed by atoms with E-state index in [4.69, 9.17) is 21.1 Å². The number of carbonyl (C=O) groups is 1. The highest BCUT2D eigenvalue weighted by atomic mass is 35.5. The average molecular weight is 305 g/mol. The van der Waals surface area contributed by atoms with Crippen LogP contribution < -0.4 is 0 Å². The van der Waals surface area contributed by atoms with Gasteiger partial charge in [-0.05, 0) is 20.8 Å². The summed E-state index contributed by atoms with van der Waals surface area (Å²) in [5, 5.41) is -0.457. The summed E-state index contributed by atoms with van der Waals surface area (Å²) in [6.07, 6.45) is -5.10. The maximum Gasteiger partial charge on any atom is 0.524 e. The van der Waals surface area contributed by atoms with Gasteiger partial charge in [0, 0.05) is 18.2 Å². The molecule has 1 aliphatic carbocycles. The van der Waals surface area contributed by atoms with Gasteiger partial charge in [-0.1, -0.05) is 0 Å². The highest BCUT2D eigenvalue weighted by Gasteiger charge is 2.53. The second-order valence-electron chi connectivity index (χ2n) is 5.34. The van der Waals surface area contributed by atoms with Gasteiger partial charge in [0.15, 0.2) is 5.79 Å². The zero-order chi connectivity index (χ0) is 14.9. The van der Waals surface area contributed by atoms with Gasteiger partial charge >= 0.3 is 12.3 Å². The van der Waals surface area contributed by atoms with Crippen LogP contribution in [0.2, 0.25) is 0 Å². The quantitative estimate of drug-likeness (QED) is 0.455. The summed E-state index contributed by atoms with van der Waals surface area (Å²) in [6.45, 7) is 4.32. The molecule has 0 aromatic heterocycles. The molecule has 0 radical (unpaired) electrons. The summed E-state index contributed by atoms with van der Waals surface area (Å²) in [5.41, 5.74) is -0.729. The van der Waals surface area contributed by atoms with E-state index in [-0.39, 0.29) is 12.8 Å². The first-order chi connectivity index (χ1) is 8.41. The lowest BCUT2D eigenvalue weighted by Crippen LogP contribution is -2.53. The lowest BCUT2D eigenvalue weighted by Gasteiger charge is -2.43. The smallest absolute Gasteiger partial charge is 0.458 e. The minimum atomic E-state index is -4.84. The van der Waals surface area contributed by atoms with Crippen molar-refractivity contribution in [1.82, 2.24) is 0 Å². The van der Waals surface area contributed by atoms with E-state index in [1.165, 1.54) is 0 Å². The number of carbonyl (C=O) groups excluding carboxylic acids is 1. The third-order valence-electron chi connectivity index (χ3n) is 2.24. The normalized spacial score (nSPS) is 27.8. The van der Waals surface area contributed by atoms with Gasteiger partial charge in [0.25, 0.3) is 0 Å². The van der Waals surface area contributed by atoms with Crippen LogP contribution >= 0.6 is 11.6 Å². The van der Waals surface area contributed by atoms with E-state index < -0.39 is 35.7 Å². The SMILES string of the molecule is CC(C)(C)OC(=O)COC1(OC(F)(F)F)CC(Cl)C1. The predicted octanol–water partition coefficient (Wildman–Crippen LogP) is 2.98. The number of halogens is 4. The molecule has 0 atom stereocenters.